The monoisotopic (exact) mass is 192 g/mol. The van der Waals surface area contributed by atoms with Gasteiger partial charge in [-0.15, -0.1) is 0 Å². The van der Waals surface area contributed by atoms with Gasteiger partial charge in [0.25, 0.3) is 0 Å². The second kappa shape index (κ2) is 3.35. The second-order valence-corrected chi connectivity index (χ2v) is 3.55. The Morgan fingerprint density at radius 3 is 2.92 bits per heavy atom. The largest absolute Gasteiger partial charge is 0.281 e. The van der Waals surface area contributed by atoms with E-state index in [1.807, 2.05) is 36.4 Å². The van der Waals surface area contributed by atoms with E-state index in [1.54, 1.807) is 0 Å². The lowest BCUT2D eigenvalue weighted by atomic mass is 9.90. The van der Waals surface area contributed by atoms with E-state index < -0.39 is 0 Å². The Hall–Kier alpha value is -1.08. The van der Waals surface area contributed by atoms with Crippen LogP contribution in [0.15, 0.2) is 30.3 Å². The van der Waals surface area contributed by atoms with Crippen molar-refractivity contribution < 1.29 is 4.79 Å². The number of carbonyl (C=O) groups excluding carboxylic acids is 1. The minimum absolute atomic E-state index is 0.142. The molecule has 1 aliphatic rings. The highest BCUT2D eigenvalue weighted by atomic mass is 35.5. The normalized spacial score (nSPS) is 19.6. The summed E-state index contributed by atoms with van der Waals surface area (Å²) in [4.78, 5) is 10.9. The molecular formula is C11H9ClO. The first-order chi connectivity index (χ1) is 6.27. The van der Waals surface area contributed by atoms with Crippen LogP contribution in [0.4, 0.5) is 0 Å². The van der Waals surface area contributed by atoms with Crippen LogP contribution < -0.4 is 0 Å². The van der Waals surface area contributed by atoms with Gasteiger partial charge in [0.1, 0.15) is 0 Å². The van der Waals surface area contributed by atoms with Crippen LogP contribution >= 0.6 is 11.6 Å². The zero-order valence-corrected chi connectivity index (χ0v) is 7.79. The minimum atomic E-state index is -0.272. The molecule has 0 spiro atoms. The molecule has 0 aliphatic heterocycles. The van der Waals surface area contributed by atoms with E-state index in [9.17, 15) is 4.79 Å². The second-order valence-electron chi connectivity index (χ2n) is 3.17. The van der Waals surface area contributed by atoms with Crippen molar-refractivity contribution in [2.45, 2.75) is 6.42 Å². The van der Waals surface area contributed by atoms with Gasteiger partial charge < -0.3 is 0 Å². The summed E-state index contributed by atoms with van der Waals surface area (Å²) in [6.45, 7) is 0. The van der Waals surface area contributed by atoms with Crippen molar-refractivity contribution in [3.63, 3.8) is 0 Å². The zero-order chi connectivity index (χ0) is 9.26. The van der Waals surface area contributed by atoms with E-state index in [0.717, 1.165) is 6.42 Å². The third kappa shape index (κ3) is 1.65. The van der Waals surface area contributed by atoms with Crippen molar-refractivity contribution in [3.8, 4) is 0 Å². The summed E-state index contributed by atoms with van der Waals surface area (Å²) in [5, 5.41) is -0.272. The van der Waals surface area contributed by atoms with Crippen LogP contribution in [0.5, 0.6) is 0 Å². The summed E-state index contributed by atoms with van der Waals surface area (Å²) in [5.41, 5.74) is 2.39. The molecule has 0 saturated heterocycles. The van der Waals surface area contributed by atoms with Gasteiger partial charge in [0.05, 0.1) is 5.92 Å². The van der Waals surface area contributed by atoms with Gasteiger partial charge in [0.2, 0.25) is 5.24 Å². The lowest BCUT2D eigenvalue weighted by Crippen LogP contribution is -2.12. The summed E-state index contributed by atoms with van der Waals surface area (Å²) in [7, 11) is 0. The smallest absolute Gasteiger partial charge is 0.228 e. The van der Waals surface area contributed by atoms with Crippen molar-refractivity contribution in [3.05, 3.63) is 41.5 Å². The number of hydrogen-bond donors (Lipinski definition) is 0. The number of carbonyl (C=O) groups is 1. The van der Waals surface area contributed by atoms with Crippen molar-refractivity contribution in [2.75, 3.05) is 0 Å². The SMILES string of the molecule is O=C(Cl)C1C=Cc2ccccc2C1. The molecule has 1 unspecified atom stereocenters. The van der Waals surface area contributed by atoms with Gasteiger partial charge >= 0.3 is 0 Å². The van der Waals surface area contributed by atoms with Gasteiger partial charge in [-0.25, -0.2) is 0 Å². The molecule has 1 aliphatic carbocycles. The fraction of sp³-hybridized carbons (Fsp3) is 0.182. The average Bonchev–Trinajstić information content (AvgIpc) is 2.17. The highest BCUT2D eigenvalue weighted by Gasteiger charge is 2.17. The van der Waals surface area contributed by atoms with Gasteiger partial charge in [-0.3, -0.25) is 4.79 Å². The molecule has 1 aromatic rings. The van der Waals surface area contributed by atoms with Crippen LogP contribution in [0.3, 0.4) is 0 Å². The van der Waals surface area contributed by atoms with Gasteiger partial charge in [-0.1, -0.05) is 36.4 Å². The lowest BCUT2D eigenvalue weighted by molar-refractivity contribution is -0.113. The molecule has 0 N–H and O–H groups in total. The maximum Gasteiger partial charge on any atom is 0.228 e. The molecule has 1 nitrogen and oxygen atoms in total. The summed E-state index contributed by atoms with van der Waals surface area (Å²) in [5.74, 6) is -0.142. The fourth-order valence-electron chi connectivity index (χ4n) is 1.56. The van der Waals surface area contributed by atoms with Crippen LogP contribution in [-0.2, 0) is 11.2 Å². The molecule has 0 fully saturated rings. The third-order valence-electron chi connectivity index (χ3n) is 2.29. The third-order valence-corrected chi connectivity index (χ3v) is 2.57. The standard InChI is InChI=1S/C11H9ClO/c12-11(13)10-6-5-8-3-1-2-4-9(8)7-10/h1-6,10H,7H2. The minimum Gasteiger partial charge on any atom is -0.281 e. The highest BCUT2D eigenvalue weighted by Crippen LogP contribution is 2.23. The number of fused-ring (bicyclic) bond motifs is 1. The molecule has 13 heavy (non-hydrogen) atoms. The van der Waals surface area contributed by atoms with Crippen LogP contribution in [0.1, 0.15) is 11.1 Å². The Labute approximate surface area is 82.0 Å². The van der Waals surface area contributed by atoms with Gasteiger partial charge in [0, 0.05) is 0 Å². The predicted molar refractivity (Wildman–Crippen MR) is 53.5 cm³/mol. The van der Waals surface area contributed by atoms with Crippen molar-refractivity contribution in [1.29, 1.82) is 0 Å². The van der Waals surface area contributed by atoms with E-state index in [-0.39, 0.29) is 11.2 Å². The van der Waals surface area contributed by atoms with E-state index >= 15 is 0 Å². The molecule has 0 heterocycles. The molecular weight excluding hydrogens is 184 g/mol. The molecule has 2 heteroatoms. The molecule has 2 rings (SSSR count). The van der Waals surface area contributed by atoms with Crippen LogP contribution in [0.2, 0.25) is 0 Å². The fourth-order valence-corrected chi connectivity index (χ4v) is 1.71. The molecule has 1 atom stereocenters. The number of benzene rings is 1. The predicted octanol–water partition coefficient (Wildman–Crippen LogP) is 2.64. The Balaban J connectivity index is 2.34. The Bertz CT molecular complexity index is 368. The van der Waals surface area contributed by atoms with E-state index in [0.29, 0.717) is 0 Å². The van der Waals surface area contributed by atoms with Crippen LogP contribution in [0, 0.1) is 5.92 Å². The summed E-state index contributed by atoms with van der Waals surface area (Å²) in [6, 6.07) is 8.05. The molecule has 0 radical (unpaired) electrons. The number of rotatable bonds is 1. The highest BCUT2D eigenvalue weighted by molar-refractivity contribution is 6.64. The maximum atomic E-state index is 10.9. The van der Waals surface area contributed by atoms with Gasteiger partial charge in [0.15, 0.2) is 0 Å². The Kier molecular flexibility index (Phi) is 2.19. The number of allylic oxidation sites excluding steroid dienone is 1. The molecule has 1 aromatic carbocycles. The van der Waals surface area contributed by atoms with E-state index in [4.69, 9.17) is 11.6 Å². The Morgan fingerprint density at radius 1 is 1.38 bits per heavy atom. The number of hydrogen-bond acceptors (Lipinski definition) is 1. The zero-order valence-electron chi connectivity index (χ0n) is 7.03. The quantitative estimate of drug-likeness (QED) is 0.626. The maximum absolute atomic E-state index is 10.9. The first kappa shape index (κ1) is 8.52. The average molecular weight is 193 g/mol. The van der Waals surface area contributed by atoms with Gasteiger partial charge in [-0.2, -0.15) is 0 Å². The molecule has 0 amide bonds. The van der Waals surface area contributed by atoms with Crippen molar-refractivity contribution in [2.24, 2.45) is 5.92 Å². The topological polar surface area (TPSA) is 17.1 Å². The first-order valence-corrected chi connectivity index (χ1v) is 4.60. The molecule has 0 aromatic heterocycles. The van der Waals surface area contributed by atoms with Crippen molar-refractivity contribution in [1.82, 2.24) is 0 Å². The van der Waals surface area contributed by atoms with Crippen molar-refractivity contribution >= 4 is 22.9 Å². The first-order valence-electron chi connectivity index (χ1n) is 4.23. The lowest BCUT2D eigenvalue weighted by Gasteiger charge is -2.15. The van der Waals surface area contributed by atoms with E-state index in [2.05, 4.69) is 0 Å². The van der Waals surface area contributed by atoms with Crippen LogP contribution in [0.25, 0.3) is 6.08 Å². The molecule has 0 bridgehead atoms. The Morgan fingerprint density at radius 2 is 2.15 bits per heavy atom. The summed E-state index contributed by atoms with van der Waals surface area (Å²) >= 11 is 5.43. The van der Waals surface area contributed by atoms with E-state index in [1.165, 1.54) is 11.1 Å². The summed E-state index contributed by atoms with van der Waals surface area (Å²) in [6.07, 6.45) is 4.57. The summed E-state index contributed by atoms with van der Waals surface area (Å²) < 4.78 is 0. The number of halogens is 1. The molecule has 66 valence electrons. The molecule has 0 saturated carbocycles. The van der Waals surface area contributed by atoms with Gasteiger partial charge in [-0.05, 0) is 29.1 Å². The van der Waals surface area contributed by atoms with Crippen LogP contribution in [-0.4, -0.2) is 5.24 Å².